The summed E-state index contributed by atoms with van der Waals surface area (Å²) in [5, 5.41) is 9.05. The molecule has 0 fully saturated rings. The van der Waals surface area contributed by atoms with Gasteiger partial charge in [0.2, 0.25) is 0 Å². The van der Waals surface area contributed by atoms with Crippen molar-refractivity contribution in [2.45, 2.75) is 6.61 Å². The molecule has 5 heteroatoms. The van der Waals surface area contributed by atoms with Crippen LogP contribution in [-0.4, -0.2) is 4.98 Å². The first-order chi connectivity index (χ1) is 8.69. The number of halogens is 2. The summed E-state index contributed by atoms with van der Waals surface area (Å²) in [7, 11) is 0. The van der Waals surface area contributed by atoms with E-state index in [-0.39, 0.29) is 6.61 Å². The van der Waals surface area contributed by atoms with Gasteiger partial charge in [-0.05, 0) is 18.2 Å². The van der Waals surface area contributed by atoms with Gasteiger partial charge in [0, 0.05) is 17.8 Å². The standard InChI is InChI=1S/C13H8ClFN2O/c14-13-4-12(2-1-10(13)5-16)18-8-9-3-11(15)7-17-6-9/h1-4,6-7H,8H2. The van der Waals surface area contributed by atoms with E-state index in [1.54, 1.807) is 18.2 Å². The van der Waals surface area contributed by atoms with Gasteiger partial charge in [-0.3, -0.25) is 4.98 Å². The molecule has 2 aromatic rings. The quantitative estimate of drug-likeness (QED) is 0.852. The van der Waals surface area contributed by atoms with Gasteiger partial charge in [-0.1, -0.05) is 11.6 Å². The zero-order valence-corrected chi connectivity index (χ0v) is 9.99. The summed E-state index contributed by atoms with van der Waals surface area (Å²) in [5.74, 6) is 0.109. The van der Waals surface area contributed by atoms with Gasteiger partial charge in [0.1, 0.15) is 24.2 Å². The molecule has 0 amide bonds. The van der Waals surface area contributed by atoms with Crippen LogP contribution in [0.15, 0.2) is 36.7 Å². The van der Waals surface area contributed by atoms with Crippen molar-refractivity contribution in [3.8, 4) is 11.8 Å². The highest BCUT2D eigenvalue weighted by Crippen LogP contribution is 2.22. The number of nitriles is 1. The lowest BCUT2D eigenvalue weighted by molar-refractivity contribution is 0.305. The zero-order valence-electron chi connectivity index (χ0n) is 9.23. The lowest BCUT2D eigenvalue weighted by Gasteiger charge is -2.06. The minimum absolute atomic E-state index is 0.187. The van der Waals surface area contributed by atoms with E-state index in [0.717, 1.165) is 6.20 Å². The van der Waals surface area contributed by atoms with Crippen LogP contribution in [-0.2, 0) is 6.61 Å². The van der Waals surface area contributed by atoms with Gasteiger partial charge in [0.05, 0.1) is 16.8 Å². The highest BCUT2D eigenvalue weighted by Gasteiger charge is 2.03. The van der Waals surface area contributed by atoms with Crippen LogP contribution in [0.5, 0.6) is 5.75 Å². The molecule has 0 radical (unpaired) electrons. The Morgan fingerprint density at radius 1 is 1.33 bits per heavy atom. The fraction of sp³-hybridized carbons (Fsp3) is 0.0769. The summed E-state index contributed by atoms with van der Waals surface area (Å²) < 4.78 is 18.3. The maximum atomic E-state index is 12.9. The summed E-state index contributed by atoms with van der Waals surface area (Å²) in [6.45, 7) is 0.187. The average Bonchev–Trinajstić information content (AvgIpc) is 2.37. The van der Waals surface area contributed by atoms with Crippen molar-refractivity contribution in [1.82, 2.24) is 4.98 Å². The number of ether oxygens (including phenoxy) is 1. The van der Waals surface area contributed by atoms with Crippen molar-refractivity contribution in [2.24, 2.45) is 0 Å². The van der Waals surface area contributed by atoms with E-state index >= 15 is 0 Å². The normalized spacial score (nSPS) is 9.83. The van der Waals surface area contributed by atoms with Crippen LogP contribution in [0.1, 0.15) is 11.1 Å². The van der Waals surface area contributed by atoms with Crippen LogP contribution < -0.4 is 4.74 Å². The Kier molecular flexibility index (Phi) is 3.75. The van der Waals surface area contributed by atoms with Crippen LogP contribution in [0.25, 0.3) is 0 Å². The first-order valence-electron chi connectivity index (χ1n) is 5.11. The molecule has 90 valence electrons. The predicted molar refractivity (Wildman–Crippen MR) is 64.7 cm³/mol. The van der Waals surface area contributed by atoms with E-state index in [9.17, 15) is 4.39 Å². The Labute approximate surface area is 108 Å². The van der Waals surface area contributed by atoms with Crippen molar-refractivity contribution >= 4 is 11.6 Å². The van der Waals surface area contributed by atoms with Crippen LogP contribution in [0.2, 0.25) is 5.02 Å². The largest absolute Gasteiger partial charge is 0.489 e. The lowest BCUT2D eigenvalue weighted by atomic mass is 10.2. The fourth-order valence-corrected chi connectivity index (χ4v) is 1.59. The number of nitrogens with zero attached hydrogens (tertiary/aromatic N) is 2. The summed E-state index contributed by atoms with van der Waals surface area (Å²) in [4.78, 5) is 3.72. The maximum Gasteiger partial charge on any atom is 0.141 e. The second-order valence-corrected chi connectivity index (χ2v) is 3.96. The minimum Gasteiger partial charge on any atom is -0.489 e. The van der Waals surface area contributed by atoms with E-state index in [0.29, 0.717) is 21.9 Å². The van der Waals surface area contributed by atoms with Gasteiger partial charge in [-0.25, -0.2) is 4.39 Å². The molecule has 0 aliphatic rings. The van der Waals surface area contributed by atoms with Gasteiger partial charge in [0.25, 0.3) is 0 Å². The van der Waals surface area contributed by atoms with E-state index in [4.69, 9.17) is 21.6 Å². The fourth-order valence-electron chi connectivity index (χ4n) is 1.38. The van der Waals surface area contributed by atoms with Crippen LogP contribution >= 0.6 is 11.6 Å². The van der Waals surface area contributed by atoms with E-state index in [1.165, 1.54) is 12.3 Å². The Hall–Kier alpha value is -2.12. The molecule has 1 aromatic heterocycles. The third-order valence-electron chi connectivity index (χ3n) is 2.23. The molecule has 0 atom stereocenters. The summed E-state index contributed by atoms with van der Waals surface area (Å²) >= 11 is 5.86. The Bertz CT molecular complexity index is 610. The van der Waals surface area contributed by atoms with Crippen molar-refractivity contribution < 1.29 is 9.13 Å². The van der Waals surface area contributed by atoms with Gasteiger partial charge in [-0.2, -0.15) is 5.26 Å². The van der Waals surface area contributed by atoms with Gasteiger partial charge in [0.15, 0.2) is 0 Å². The first-order valence-corrected chi connectivity index (χ1v) is 5.49. The molecule has 0 saturated heterocycles. The molecule has 18 heavy (non-hydrogen) atoms. The van der Waals surface area contributed by atoms with Crippen molar-refractivity contribution in [2.75, 3.05) is 0 Å². The SMILES string of the molecule is N#Cc1ccc(OCc2cncc(F)c2)cc1Cl. The smallest absolute Gasteiger partial charge is 0.141 e. The maximum absolute atomic E-state index is 12.9. The molecule has 0 spiro atoms. The molecule has 1 aromatic carbocycles. The predicted octanol–water partition coefficient (Wildman–Crippen LogP) is 3.32. The molecule has 0 aliphatic carbocycles. The zero-order chi connectivity index (χ0) is 13.0. The molecule has 3 nitrogen and oxygen atoms in total. The third kappa shape index (κ3) is 2.96. The molecule has 0 N–H and O–H groups in total. The molecule has 0 aliphatic heterocycles. The van der Waals surface area contributed by atoms with Crippen LogP contribution in [0, 0.1) is 17.1 Å². The Balaban J connectivity index is 2.07. The van der Waals surface area contributed by atoms with Gasteiger partial charge < -0.3 is 4.74 Å². The lowest BCUT2D eigenvalue weighted by Crippen LogP contribution is -1.97. The van der Waals surface area contributed by atoms with Crippen molar-refractivity contribution in [1.29, 1.82) is 5.26 Å². The molecule has 2 rings (SSSR count). The molecular weight excluding hydrogens is 255 g/mol. The number of benzene rings is 1. The number of pyridine rings is 1. The number of hydrogen-bond acceptors (Lipinski definition) is 3. The summed E-state index contributed by atoms with van der Waals surface area (Å²) in [5.41, 5.74) is 1.01. The van der Waals surface area contributed by atoms with Crippen molar-refractivity contribution in [3.63, 3.8) is 0 Å². The topological polar surface area (TPSA) is 45.9 Å². The number of hydrogen-bond donors (Lipinski definition) is 0. The summed E-state index contributed by atoms with van der Waals surface area (Å²) in [6, 6.07) is 8.06. The Morgan fingerprint density at radius 2 is 2.17 bits per heavy atom. The van der Waals surface area contributed by atoms with Crippen molar-refractivity contribution in [3.05, 3.63) is 58.6 Å². The van der Waals surface area contributed by atoms with Gasteiger partial charge >= 0.3 is 0 Å². The van der Waals surface area contributed by atoms with Crippen LogP contribution in [0.4, 0.5) is 4.39 Å². The first kappa shape index (κ1) is 12.3. The highest BCUT2D eigenvalue weighted by molar-refractivity contribution is 6.31. The van der Waals surface area contributed by atoms with E-state index in [2.05, 4.69) is 4.98 Å². The number of aromatic nitrogens is 1. The second-order valence-electron chi connectivity index (χ2n) is 3.55. The molecular formula is C13H8ClFN2O. The molecule has 0 bridgehead atoms. The van der Waals surface area contributed by atoms with E-state index in [1.807, 2.05) is 6.07 Å². The second kappa shape index (κ2) is 5.48. The molecule has 0 saturated carbocycles. The van der Waals surface area contributed by atoms with Gasteiger partial charge in [-0.15, -0.1) is 0 Å². The number of rotatable bonds is 3. The highest BCUT2D eigenvalue weighted by atomic mass is 35.5. The molecule has 0 unspecified atom stereocenters. The minimum atomic E-state index is -0.408. The summed E-state index contributed by atoms with van der Waals surface area (Å²) in [6.07, 6.45) is 2.65. The monoisotopic (exact) mass is 262 g/mol. The van der Waals surface area contributed by atoms with Crippen LogP contribution in [0.3, 0.4) is 0 Å². The third-order valence-corrected chi connectivity index (χ3v) is 2.54. The Morgan fingerprint density at radius 3 is 2.83 bits per heavy atom. The average molecular weight is 263 g/mol. The molecule has 1 heterocycles. The van der Waals surface area contributed by atoms with E-state index < -0.39 is 5.82 Å².